The van der Waals surface area contributed by atoms with Gasteiger partial charge in [-0.3, -0.25) is 10.1 Å². The highest BCUT2D eigenvalue weighted by Gasteiger charge is 2.45. The van der Waals surface area contributed by atoms with E-state index in [4.69, 9.17) is 0 Å². The highest BCUT2D eigenvalue weighted by molar-refractivity contribution is 7.12. The number of carbonyl (C=O) groups excluding carboxylic acids is 1. The molecule has 0 bridgehead atoms. The summed E-state index contributed by atoms with van der Waals surface area (Å²) in [5, 5.41) is 3.42. The van der Waals surface area contributed by atoms with Crippen molar-refractivity contribution in [1.82, 2.24) is 10.2 Å². The third kappa shape index (κ3) is 2.08. The lowest BCUT2D eigenvalue weighted by atomic mass is 10.1. The van der Waals surface area contributed by atoms with Gasteiger partial charge in [-0.1, -0.05) is 6.92 Å². The Kier molecular flexibility index (Phi) is 2.75. The van der Waals surface area contributed by atoms with E-state index in [0.717, 1.165) is 6.54 Å². The van der Waals surface area contributed by atoms with Gasteiger partial charge in [-0.05, 0) is 44.2 Å². The Morgan fingerprint density at radius 2 is 2.22 bits per heavy atom. The van der Waals surface area contributed by atoms with Crippen molar-refractivity contribution in [3.63, 3.8) is 0 Å². The van der Waals surface area contributed by atoms with Gasteiger partial charge in [0, 0.05) is 16.3 Å². The number of hydrogen-bond acceptors (Lipinski definition) is 3. The van der Waals surface area contributed by atoms with E-state index in [9.17, 15) is 4.79 Å². The highest BCUT2D eigenvalue weighted by Crippen LogP contribution is 2.47. The van der Waals surface area contributed by atoms with Gasteiger partial charge in [0.2, 0.25) is 5.91 Å². The average Bonchev–Trinajstić information content (AvgIpc) is 2.78. The Hall–Kier alpha value is -0.870. The molecule has 4 heteroatoms. The zero-order valence-corrected chi connectivity index (χ0v) is 12.0. The van der Waals surface area contributed by atoms with E-state index in [1.165, 1.54) is 22.6 Å². The summed E-state index contributed by atoms with van der Waals surface area (Å²) in [5.41, 5.74) is 0.367. The molecule has 2 aliphatic rings. The van der Waals surface area contributed by atoms with Crippen LogP contribution in [0.2, 0.25) is 0 Å². The summed E-state index contributed by atoms with van der Waals surface area (Å²) in [5.74, 6) is 0.249. The molecule has 1 aliphatic carbocycles. The molecule has 0 spiro atoms. The molecule has 98 valence electrons. The summed E-state index contributed by atoms with van der Waals surface area (Å²) >= 11 is 1.78. The molecule has 2 heterocycles. The van der Waals surface area contributed by atoms with Gasteiger partial charge in [-0.2, -0.15) is 0 Å². The van der Waals surface area contributed by atoms with Crippen LogP contribution in [0.3, 0.4) is 0 Å². The van der Waals surface area contributed by atoms with Crippen LogP contribution in [0.15, 0.2) is 12.1 Å². The van der Waals surface area contributed by atoms with Crippen molar-refractivity contribution < 1.29 is 4.79 Å². The summed E-state index contributed by atoms with van der Waals surface area (Å²) in [7, 11) is 0. The maximum Gasteiger partial charge on any atom is 0.241 e. The lowest BCUT2D eigenvalue weighted by Crippen LogP contribution is -2.34. The Labute approximate surface area is 112 Å². The molecule has 0 aromatic carbocycles. The van der Waals surface area contributed by atoms with E-state index in [0.29, 0.717) is 5.41 Å². The Balaban J connectivity index is 1.84. The second-order valence-electron chi connectivity index (χ2n) is 6.02. The normalized spacial score (nSPS) is 29.9. The zero-order chi connectivity index (χ0) is 12.9. The first-order valence-corrected chi connectivity index (χ1v) is 7.43. The van der Waals surface area contributed by atoms with Gasteiger partial charge in [-0.15, -0.1) is 11.3 Å². The number of thiophene rings is 1. The van der Waals surface area contributed by atoms with Gasteiger partial charge >= 0.3 is 0 Å². The first-order valence-electron chi connectivity index (χ1n) is 6.61. The molecule has 2 fully saturated rings. The molecule has 1 aliphatic heterocycles. The van der Waals surface area contributed by atoms with Crippen molar-refractivity contribution in [1.29, 1.82) is 0 Å². The molecule has 0 radical (unpaired) electrons. The summed E-state index contributed by atoms with van der Waals surface area (Å²) in [6.45, 7) is 7.25. The standard InChI is InChI=1S/C14H20N2OS/c1-9-4-5-11(18-9)12-15-10(2)13(17)16(12)8-14(3)6-7-14/h4-5,10,12,15H,6-8H2,1-3H3. The predicted octanol–water partition coefficient (Wildman–Crippen LogP) is 2.68. The molecular formula is C14H20N2OS. The fourth-order valence-electron chi connectivity index (χ4n) is 2.56. The minimum absolute atomic E-state index is 0.0558. The third-order valence-corrected chi connectivity index (χ3v) is 5.11. The first-order chi connectivity index (χ1) is 8.48. The highest BCUT2D eigenvalue weighted by atomic mass is 32.1. The van der Waals surface area contributed by atoms with Crippen LogP contribution in [0.4, 0.5) is 0 Å². The summed E-state index contributed by atoms with van der Waals surface area (Å²) in [6.07, 6.45) is 2.59. The molecule has 18 heavy (non-hydrogen) atoms. The van der Waals surface area contributed by atoms with Crippen LogP contribution in [0.5, 0.6) is 0 Å². The lowest BCUT2D eigenvalue weighted by molar-refractivity contribution is -0.130. The monoisotopic (exact) mass is 264 g/mol. The van der Waals surface area contributed by atoms with Crippen LogP contribution in [-0.4, -0.2) is 23.4 Å². The number of nitrogens with zero attached hydrogens (tertiary/aromatic N) is 1. The maximum atomic E-state index is 12.3. The van der Waals surface area contributed by atoms with Crippen LogP contribution >= 0.6 is 11.3 Å². The summed E-state index contributed by atoms with van der Waals surface area (Å²) in [4.78, 5) is 16.9. The fourth-order valence-corrected chi connectivity index (χ4v) is 3.51. The van der Waals surface area contributed by atoms with Crippen LogP contribution in [-0.2, 0) is 4.79 Å². The first kappa shape index (κ1) is 12.2. The van der Waals surface area contributed by atoms with Gasteiger partial charge in [0.1, 0.15) is 6.17 Å². The largest absolute Gasteiger partial charge is 0.320 e. The van der Waals surface area contributed by atoms with Crippen molar-refractivity contribution in [2.24, 2.45) is 5.41 Å². The van der Waals surface area contributed by atoms with Crippen molar-refractivity contribution in [3.05, 3.63) is 21.9 Å². The van der Waals surface area contributed by atoms with Gasteiger partial charge in [-0.25, -0.2) is 0 Å². The minimum Gasteiger partial charge on any atom is -0.320 e. The smallest absolute Gasteiger partial charge is 0.241 e. The second-order valence-corrected chi connectivity index (χ2v) is 7.34. The lowest BCUT2D eigenvalue weighted by Gasteiger charge is -2.26. The number of amides is 1. The van der Waals surface area contributed by atoms with E-state index in [1.807, 2.05) is 11.8 Å². The number of rotatable bonds is 3. The van der Waals surface area contributed by atoms with E-state index in [-0.39, 0.29) is 18.1 Å². The quantitative estimate of drug-likeness (QED) is 0.910. The summed E-state index contributed by atoms with van der Waals surface area (Å²) in [6, 6.07) is 4.22. The van der Waals surface area contributed by atoms with Crippen molar-refractivity contribution in [2.45, 2.75) is 45.8 Å². The third-order valence-electron chi connectivity index (χ3n) is 4.06. The van der Waals surface area contributed by atoms with Crippen LogP contribution in [0.1, 0.15) is 42.6 Å². The molecule has 1 N–H and O–H groups in total. The van der Waals surface area contributed by atoms with Crippen molar-refractivity contribution in [2.75, 3.05) is 6.54 Å². The number of carbonyl (C=O) groups is 1. The SMILES string of the molecule is Cc1ccc(C2NC(C)C(=O)N2CC2(C)CC2)s1. The molecule has 1 aromatic rings. The van der Waals surface area contributed by atoms with E-state index >= 15 is 0 Å². The predicted molar refractivity (Wildman–Crippen MR) is 73.4 cm³/mol. The molecule has 1 aromatic heterocycles. The number of nitrogens with one attached hydrogen (secondary N) is 1. The Morgan fingerprint density at radius 1 is 1.50 bits per heavy atom. The summed E-state index contributed by atoms with van der Waals surface area (Å²) < 4.78 is 0. The topological polar surface area (TPSA) is 32.3 Å². The van der Waals surface area contributed by atoms with E-state index < -0.39 is 0 Å². The molecule has 1 saturated carbocycles. The second kappa shape index (κ2) is 4.07. The Bertz CT molecular complexity index is 478. The van der Waals surface area contributed by atoms with Gasteiger partial charge in [0.25, 0.3) is 0 Å². The van der Waals surface area contributed by atoms with Crippen LogP contribution in [0, 0.1) is 12.3 Å². The maximum absolute atomic E-state index is 12.3. The van der Waals surface area contributed by atoms with Gasteiger partial charge < -0.3 is 4.90 Å². The number of hydrogen-bond donors (Lipinski definition) is 1. The Morgan fingerprint density at radius 3 is 2.78 bits per heavy atom. The molecule has 3 nitrogen and oxygen atoms in total. The van der Waals surface area contributed by atoms with Crippen LogP contribution in [0.25, 0.3) is 0 Å². The van der Waals surface area contributed by atoms with Gasteiger partial charge in [0.15, 0.2) is 0 Å². The van der Waals surface area contributed by atoms with Crippen molar-refractivity contribution in [3.8, 4) is 0 Å². The number of aryl methyl sites for hydroxylation is 1. The van der Waals surface area contributed by atoms with Gasteiger partial charge in [0.05, 0.1) is 6.04 Å². The minimum atomic E-state index is -0.0558. The molecular weight excluding hydrogens is 244 g/mol. The molecule has 1 saturated heterocycles. The fraction of sp³-hybridized carbons (Fsp3) is 0.643. The molecule has 2 atom stereocenters. The van der Waals surface area contributed by atoms with E-state index in [1.54, 1.807) is 11.3 Å². The average molecular weight is 264 g/mol. The molecule has 3 rings (SSSR count). The van der Waals surface area contributed by atoms with E-state index in [2.05, 4.69) is 31.3 Å². The van der Waals surface area contributed by atoms with Crippen molar-refractivity contribution >= 4 is 17.2 Å². The molecule has 1 amide bonds. The molecule has 2 unspecified atom stereocenters. The van der Waals surface area contributed by atoms with Crippen LogP contribution < -0.4 is 5.32 Å². The zero-order valence-electron chi connectivity index (χ0n) is 11.2.